The number of amides is 1. The van der Waals surface area contributed by atoms with E-state index in [0.29, 0.717) is 0 Å². The molecule has 0 radical (unpaired) electrons. The van der Waals surface area contributed by atoms with Gasteiger partial charge >= 0.3 is 5.97 Å². The maximum absolute atomic E-state index is 12.4. The molecule has 4 rings (SSSR count). The van der Waals surface area contributed by atoms with E-state index in [1.807, 2.05) is 24.3 Å². The third-order valence-corrected chi connectivity index (χ3v) is 4.95. The summed E-state index contributed by atoms with van der Waals surface area (Å²) >= 11 is 0. The minimum Gasteiger partial charge on any atom is -0.454 e. The number of esters is 1. The van der Waals surface area contributed by atoms with Gasteiger partial charge in [0, 0.05) is 6.07 Å². The van der Waals surface area contributed by atoms with Gasteiger partial charge in [0.1, 0.15) is 5.56 Å². The third-order valence-electron chi connectivity index (χ3n) is 4.95. The molecule has 0 saturated carbocycles. The van der Waals surface area contributed by atoms with Crippen LogP contribution in [0.2, 0.25) is 0 Å². The van der Waals surface area contributed by atoms with E-state index in [-0.39, 0.29) is 29.9 Å². The Hall–Kier alpha value is -3.62. The highest BCUT2D eigenvalue weighted by Crippen LogP contribution is 2.38. The van der Waals surface area contributed by atoms with Crippen molar-refractivity contribution >= 4 is 17.6 Å². The predicted molar refractivity (Wildman–Crippen MR) is 99.8 cm³/mol. The fourth-order valence-corrected chi connectivity index (χ4v) is 3.59. The third kappa shape index (κ3) is 3.84. The van der Waals surface area contributed by atoms with Crippen molar-refractivity contribution in [3.63, 3.8) is 0 Å². The highest BCUT2D eigenvalue weighted by atomic mass is 16.7. The fourth-order valence-electron chi connectivity index (χ4n) is 3.59. The molecule has 0 fully saturated rings. The first-order valence-corrected chi connectivity index (χ1v) is 9.15. The number of hydrogen-bond donors (Lipinski definition) is 1. The van der Waals surface area contributed by atoms with Crippen molar-refractivity contribution in [2.24, 2.45) is 0 Å². The van der Waals surface area contributed by atoms with Crippen molar-refractivity contribution in [1.82, 2.24) is 5.32 Å². The number of hydrogen-bond acceptors (Lipinski definition) is 7. The van der Waals surface area contributed by atoms with Gasteiger partial charge in [-0.2, -0.15) is 0 Å². The van der Waals surface area contributed by atoms with Crippen molar-refractivity contribution in [1.29, 1.82) is 0 Å². The second-order valence-electron chi connectivity index (χ2n) is 6.77. The highest BCUT2D eigenvalue weighted by molar-refractivity contribution is 5.96. The first-order valence-electron chi connectivity index (χ1n) is 9.15. The van der Waals surface area contributed by atoms with Crippen molar-refractivity contribution in [3.05, 3.63) is 63.2 Å². The summed E-state index contributed by atoms with van der Waals surface area (Å²) in [4.78, 5) is 35.2. The SMILES string of the molecule is O=C(COC(=O)c1cc2c(cc1[N+](=O)[O-])OCO2)NC1CCCc2ccccc21. The molecule has 9 nitrogen and oxygen atoms in total. The number of fused-ring (bicyclic) bond motifs is 2. The highest BCUT2D eigenvalue weighted by Gasteiger charge is 2.29. The molecular formula is C20H18N2O7. The number of carbonyl (C=O) groups excluding carboxylic acids is 2. The van der Waals surface area contributed by atoms with Gasteiger partial charge in [0.15, 0.2) is 18.1 Å². The van der Waals surface area contributed by atoms with Gasteiger partial charge in [0.2, 0.25) is 6.79 Å². The summed E-state index contributed by atoms with van der Waals surface area (Å²) < 4.78 is 15.3. The number of nitrogens with zero attached hydrogens (tertiary/aromatic N) is 1. The molecule has 1 aliphatic carbocycles. The minimum absolute atomic E-state index is 0.0870. The number of ether oxygens (including phenoxy) is 3. The largest absolute Gasteiger partial charge is 0.454 e. The van der Waals surface area contributed by atoms with Crippen LogP contribution in [0.4, 0.5) is 5.69 Å². The molecule has 150 valence electrons. The monoisotopic (exact) mass is 398 g/mol. The van der Waals surface area contributed by atoms with Crippen LogP contribution < -0.4 is 14.8 Å². The lowest BCUT2D eigenvalue weighted by atomic mass is 9.88. The van der Waals surface area contributed by atoms with E-state index in [1.54, 1.807) is 0 Å². The quantitative estimate of drug-likeness (QED) is 0.467. The van der Waals surface area contributed by atoms with Crippen molar-refractivity contribution in [3.8, 4) is 11.5 Å². The van der Waals surface area contributed by atoms with Crippen LogP contribution in [-0.2, 0) is 16.0 Å². The topological polar surface area (TPSA) is 117 Å². The average molecular weight is 398 g/mol. The summed E-state index contributed by atoms with van der Waals surface area (Å²) in [6.45, 7) is -0.626. The molecule has 2 aliphatic rings. The first-order chi connectivity index (χ1) is 14.0. The molecule has 2 aromatic carbocycles. The normalized spacial score (nSPS) is 16.6. The van der Waals surface area contributed by atoms with Crippen molar-refractivity contribution in [2.75, 3.05) is 13.4 Å². The summed E-state index contributed by atoms with van der Waals surface area (Å²) in [5.74, 6) is -1.05. The van der Waals surface area contributed by atoms with E-state index in [2.05, 4.69) is 5.32 Å². The van der Waals surface area contributed by atoms with Gasteiger partial charge in [-0.15, -0.1) is 0 Å². The van der Waals surface area contributed by atoms with E-state index in [4.69, 9.17) is 14.2 Å². The lowest BCUT2D eigenvalue weighted by Crippen LogP contribution is -2.34. The molecule has 1 atom stereocenters. The maximum Gasteiger partial charge on any atom is 0.345 e. The Labute approximate surface area is 165 Å². The molecule has 1 amide bonds. The number of rotatable bonds is 5. The van der Waals surface area contributed by atoms with Gasteiger partial charge in [-0.25, -0.2) is 4.79 Å². The second-order valence-corrected chi connectivity index (χ2v) is 6.77. The number of carbonyl (C=O) groups is 2. The molecule has 29 heavy (non-hydrogen) atoms. The summed E-state index contributed by atoms with van der Waals surface area (Å²) in [6, 6.07) is 10.0. The van der Waals surface area contributed by atoms with Crippen LogP contribution in [0.3, 0.4) is 0 Å². The molecule has 0 spiro atoms. The van der Waals surface area contributed by atoms with Crippen molar-refractivity contribution in [2.45, 2.75) is 25.3 Å². The molecule has 0 aromatic heterocycles. The Morgan fingerprint density at radius 2 is 1.97 bits per heavy atom. The van der Waals surface area contributed by atoms with E-state index < -0.39 is 29.1 Å². The van der Waals surface area contributed by atoms with Crippen LogP contribution in [0.25, 0.3) is 0 Å². The van der Waals surface area contributed by atoms with Gasteiger partial charge in [-0.05, 0) is 30.4 Å². The molecule has 1 unspecified atom stereocenters. The number of nitro benzene ring substituents is 1. The van der Waals surface area contributed by atoms with Crippen LogP contribution in [-0.4, -0.2) is 30.2 Å². The molecule has 0 saturated heterocycles. The fraction of sp³-hybridized carbons (Fsp3) is 0.300. The van der Waals surface area contributed by atoms with Gasteiger partial charge in [0.25, 0.3) is 11.6 Å². The Kier molecular flexibility index (Phi) is 5.03. The lowest BCUT2D eigenvalue weighted by Gasteiger charge is -2.26. The molecule has 1 N–H and O–H groups in total. The second kappa shape index (κ2) is 7.78. The van der Waals surface area contributed by atoms with Crippen LogP contribution in [0.15, 0.2) is 36.4 Å². The van der Waals surface area contributed by atoms with Gasteiger partial charge in [-0.3, -0.25) is 14.9 Å². The summed E-state index contributed by atoms with van der Waals surface area (Å²) in [5, 5.41) is 14.1. The van der Waals surface area contributed by atoms with Gasteiger partial charge in [-0.1, -0.05) is 24.3 Å². The van der Waals surface area contributed by atoms with Crippen LogP contribution >= 0.6 is 0 Å². The number of aryl methyl sites for hydroxylation is 1. The van der Waals surface area contributed by atoms with E-state index in [1.165, 1.54) is 11.6 Å². The zero-order chi connectivity index (χ0) is 20.4. The minimum atomic E-state index is -0.978. The molecule has 2 aromatic rings. The first kappa shape index (κ1) is 18.7. The summed E-state index contributed by atoms with van der Waals surface area (Å²) in [5.41, 5.74) is 1.48. The zero-order valence-electron chi connectivity index (χ0n) is 15.4. The van der Waals surface area contributed by atoms with Gasteiger partial charge < -0.3 is 19.5 Å². The molecule has 1 heterocycles. The Balaban J connectivity index is 1.42. The summed E-state index contributed by atoms with van der Waals surface area (Å²) in [7, 11) is 0. The molecule has 0 bridgehead atoms. The van der Waals surface area contributed by atoms with E-state index in [9.17, 15) is 19.7 Å². The maximum atomic E-state index is 12.4. The predicted octanol–water partition coefficient (Wildman–Crippen LogP) is 2.67. The Morgan fingerprint density at radius 3 is 2.76 bits per heavy atom. The van der Waals surface area contributed by atoms with Gasteiger partial charge in [0.05, 0.1) is 17.0 Å². The smallest absolute Gasteiger partial charge is 0.345 e. The Bertz CT molecular complexity index is 989. The molecule has 1 aliphatic heterocycles. The van der Waals surface area contributed by atoms with Crippen LogP contribution in [0.5, 0.6) is 11.5 Å². The lowest BCUT2D eigenvalue weighted by molar-refractivity contribution is -0.385. The Morgan fingerprint density at radius 1 is 1.21 bits per heavy atom. The average Bonchev–Trinajstić information content (AvgIpc) is 3.19. The standard InChI is InChI=1S/C20H18N2O7/c23-19(21-15-7-3-5-12-4-1-2-6-13(12)15)10-27-20(24)14-8-17-18(29-11-28-17)9-16(14)22(25)26/h1-2,4,6,8-9,15H,3,5,7,10-11H2,(H,21,23). The van der Waals surface area contributed by atoms with Crippen LogP contribution in [0, 0.1) is 10.1 Å². The van der Waals surface area contributed by atoms with E-state index >= 15 is 0 Å². The van der Waals surface area contributed by atoms with E-state index in [0.717, 1.165) is 30.9 Å². The molecule has 9 heteroatoms. The summed E-state index contributed by atoms with van der Waals surface area (Å²) in [6.07, 6.45) is 2.71. The van der Waals surface area contributed by atoms with Crippen molar-refractivity contribution < 1.29 is 28.7 Å². The number of benzene rings is 2. The number of nitrogens with one attached hydrogen (secondary N) is 1. The molecular weight excluding hydrogens is 380 g/mol. The van der Waals surface area contributed by atoms with Crippen LogP contribution in [0.1, 0.15) is 40.4 Å². The number of nitro groups is 1. The zero-order valence-corrected chi connectivity index (χ0v) is 15.4.